The van der Waals surface area contributed by atoms with Crippen LogP contribution in [-0.4, -0.2) is 37.6 Å². The van der Waals surface area contributed by atoms with Crippen molar-refractivity contribution in [3.8, 4) is 0 Å². The van der Waals surface area contributed by atoms with Crippen LogP contribution < -0.4 is 0 Å². The van der Waals surface area contributed by atoms with Crippen LogP contribution in [0.1, 0.15) is 162 Å². The van der Waals surface area contributed by atoms with E-state index in [1.807, 2.05) is 6.92 Å². The molecule has 1 fully saturated rings. The molecular formula is C33H65NO2. The van der Waals surface area contributed by atoms with Crippen LogP contribution in [0.3, 0.4) is 0 Å². The van der Waals surface area contributed by atoms with E-state index in [1.165, 1.54) is 128 Å². The maximum absolute atomic E-state index is 11.4. The Balaban J connectivity index is 2.01. The minimum absolute atomic E-state index is 0.0196. The zero-order valence-corrected chi connectivity index (χ0v) is 25.3. The summed E-state index contributed by atoms with van der Waals surface area (Å²) in [4.78, 5) is 13.9. The van der Waals surface area contributed by atoms with E-state index in [1.54, 1.807) is 0 Å². The Morgan fingerprint density at radius 2 is 1.31 bits per heavy atom. The molecule has 1 aliphatic rings. The highest BCUT2D eigenvalue weighted by Gasteiger charge is 2.40. The van der Waals surface area contributed by atoms with Crippen molar-refractivity contribution < 1.29 is 9.53 Å². The van der Waals surface area contributed by atoms with Crippen LogP contribution in [0.5, 0.6) is 0 Å². The molecule has 1 saturated carbocycles. The summed E-state index contributed by atoms with van der Waals surface area (Å²) in [5.74, 6) is 2.94. The number of rotatable bonds is 26. The summed E-state index contributed by atoms with van der Waals surface area (Å²) in [7, 11) is 4.57. The monoisotopic (exact) mass is 508 g/mol. The number of hydrogen-bond donors (Lipinski definition) is 0. The average molecular weight is 508 g/mol. The van der Waals surface area contributed by atoms with Gasteiger partial charge >= 0.3 is 5.97 Å². The molecule has 0 aromatic carbocycles. The lowest BCUT2D eigenvalue weighted by atomic mass is 9.91. The average Bonchev–Trinajstić information content (AvgIpc) is 3.62. The van der Waals surface area contributed by atoms with Crippen molar-refractivity contribution in [1.29, 1.82) is 0 Å². The summed E-state index contributed by atoms with van der Waals surface area (Å²) in [5.41, 5.74) is 0. The topological polar surface area (TPSA) is 29.5 Å². The van der Waals surface area contributed by atoms with Gasteiger partial charge in [-0.1, -0.05) is 123 Å². The van der Waals surface area contributed by atoms with E-state index in [0.29, 0.717) is 13.0 Å². The third kappa shape index (κ3) is 17.0. The smallest absolute Gasteiger partial charge is 0.305 e. The normalized spacial score (nSPS) is 18.9. The van der Waals surface area contributed by atoms with Crippen molar-refractivity contribution in [3.05, 3.63) is 0 Å². The van der Waals surface area contributed by atoms with Crippen LogP contribution >= 0.6 is 0 Å². The lowest BCUT2D eigenvalue weighted by Gasteiger charge is -2.24. The van der Waals surface area contributed by atoms with Gasteiger partial charge in [0, 0.05) is 12.5 Å². The number of carbonyl (C=O) groups is 1. The molecule has 0 bridgehead atoms. The first-order valence-corrected chi connectivity index (χ1v) is 16.3. The van der Waals surface area contributed by atoms with Gasteiger partial charge in [0.15, 0.2) is 0 Å². The summed E-state index contributed by atoms with van der Waals surface area (Å²) in [6, 6.07) is 0.794. The van der Waals surface area contributed by atoms with Crippen molar-refractivity contribution in [2.24, 2.45) is 17.8 Å². The zero-order chi connectivity index (χ0) is 26.4. The van der Waals surface area contributed by atoms with Crippen LogP contribution in [0.15, 0.2) is 0 Å². The van der Waals surface area contributed by atoms with Gasteiger partial charge in [-0.05, 0) is 64.5 Å². The molecule has 0 amide bonds. The van der Waals surface area contributed by atoms with Gasteiger partial charge in [-0.2, -0.15) is 0 Å². The molecule has 4 unspecified atom stereocenters. The highest BCUT2D eigenvalue weighted by molar-refractivity contribution is 5.69. The van der Waals surface area contributed by atoms with E-state index in [0.717, 1.165) is 30.2 Å². The second-order valence-electron chi connectivity index (χ2n) is 12.1. The minimum atomic E-state index is -0.0196. The molecule has 0 spiro atoms. The van der Waals surface area contributed by atoms with Crippen LogP contribution in [0.2, 0.25) is 0 Å². The lowest BCUT2D eigenvalue weighted by molar-refractivity contribution is -0.143. The summed E-state index contributed by atoms with van der Waals surface area (Å²) in [6.07, 6.45) is 29.7. The van der Waals surface area contributed by atoms with Crippen molar-refractivity contribution in [1.82, 2.24) is 4.90 Å². The predicted octanol–water partition coefficient (Wildman–Crippen LogP) is 9.96. The van der Waals surface area contributed by atoms with Gasteiger partial charge in [0.2, 0.25) is 0 Å². The number of ether oxygens (including phenoxy) is 1. The first-order valence-electron chi connectivity index (χ1n) is 16.3. The van der Waals surface area contributed by atoms with Crippen molar-refractivity contribution >= 4 is 5.97 Å². The zero-order valence-electron chi connectivity index (χ0n) is 25.3. The molecule has 1 rings (SSSR count). The Labute approximate surface area is 226 Å². The highest BCUT2D eigenvalue weighted by atomic mass is 16.5. The fourth-order valence-corrected chi connectivity index (χ4v) is 6.30. The Kier molecular flexibility index (Phi) is 20.8. The summed E-state index contributed by atoms with van der Waals surface area (Å²) in [6.45, 7) is 7.10. The maximum atomic E-state index is 11.4. The third-order valence-electron chi connectivity index (χ3n) is 8.85. The van der Waals surface area contributed by atoms with Crippen molar-refractivity contribution in [2.45, 2.75) is 168 Å². The van der Waals surface area contributed by atoms with E-state index < -0.39 is 0 Å². The molecule has 0 radical (unpaired) electrons. The van der Waals surface area contributed by atoms with E-state index in [4.69, 9.17) is 4.74 Å². The van der Waals surface area contributed by atoms with E-state index >= 15 is 0 Å². The first-order chi connectivity index (χ1) is 17.5. The molecule has 0 saturated heterocycles. The number of nitrogens with zero attached hydrogens (tertiary/aromatic N) is 1. The molecule has 4 atom stereocenters. The second kappa shape index (κ2) is 22.4. The van der Waals surface area contributed by atoms with Crippen LogP contribution in [0.4, 0.5) is 0 Å². The number of unbranched alkanes of at least 4 members (excludes halogenated alkanes) is 12. The van der Waals surface area contributed by atoms with Gasteiger partial charge in [0.05, 0.1) is 6.61 Å². The molecule has 1 aliphatic carbocycles. The molecule has 0 N–H and O–H groups in total. The fraction of sp³-hybridized carbons (Fsp3) is 0.970. The van der Waals surface area contributed by atoms with Crippen LogP contribution in [0.25, 0.3) is 0 Å². The van der Waals surface area contributed by atoms with Gasteiger partial charge in [-0.25, -0.2) is 0 Å². The first kappa shape index (κ1) is 33.5. The van der Waals surface area contributed by atoms with E-state index in [9.17, 15) is 4.79 Å². The number of esters is 1. The summed E-state index contributed by atoms with van der Waals surface area (Å²) in [5, 5.41) is 0. The van der Waals surface area contributed by atoms with Gasteiger partial charge in [0.25, 0.3) is 0 Å². The predicted molar refractivity (Wildman–Crippen MR) is 157 cm³/mol. The van der Waals surface area contributed by atoms with E-state index in [2.05, 4.69) is 32.8 Å². The third-order valence-corrected chi connectivity index (χ3v) is 8.85. The summed E-state index contributed by atoms with van der Waals surface area (Å²) >= 11 is 0. The van der Waals surface area contributed by atoms with Crippen LogP contribution in [-0.2, 0) is 9.53 Å². The number of carbonyl (C=O) groups excluding carboxylic acids is 1. The highest BCUT2D eigenvalue weighted by Crippen LogP contribution is 2.50. The molecule has 0 heterocycles. The molecule has 214 valence electrons. The van der Waals surface area contributed by atoms with Crippen molar-refractivity contribution in [3.63, 3.8) is 0 Å². The molecule has 3 heteroatoms. The Bertz CT molecular complexity index is 506. The SMILES string of the molecule is CCCCCCCCCC(CCCCCCCC(CC)C1CC1CCCCCC(=O)OCC)N(C)C. The second-order valence-corrected chi connectivity index (χ2v) is 12.1. The lowest BCUT2D eigenvalue weighted by Crippen LogP contribution is -2.27. The molecule has 36 heavy (non-hydrogen) atoms. The quantitative estimate of drug-likeness (QED) is 0.0861. The van der Waals surface area contributed by atoms with Crippen LogP contribution in [0, 0.1) is 17.8 Å². The Morgan fingerprint density at radius 1 is 0.750 bits per heavy atom. The standard InChI is InChI=1S/C33H65NO2/c1-6-9-10-11-12-15-20-25-31(34(4)5)26-21-16-13-14-18-23-29(7-2)32-28-30(32)24-19-17-22-27-33(35)36-8-3/h29-32H,6-28H2,1-5H3. The van der Waals surface area contributed by atoms with Crippen molar-refractivity contribution in [2.75, 3.05) is 20.7 Å². The molecule has 0 aliphatic heterocycles. The minimum Gasteiger partial charge on any atom is -0.466 e. The fourth-order valence-electron chi connectivity index (χ4n) is 6.30. The van der Waals surface area contributed by atoms with Gasteiger partial charge in [-0.3, -0.25) is 4.79 Å². The largest absolute Gasteiger partial charge is 0.466 e. The molecule has 0 aromatic rings. The number of hydrogen-bond acceptors (Lipinski definition) is 3. The summed E-state index contributed by atoms with van der Waals surface area (Å²) < 4.78 is 5.02. The Morgan fingerprint density at radius 3 is 1.86 bits per heavy atom. The Hall–Kier alpha value is -0.570. The molecule has 3 nitrogen and oxygen atoms in total. The molecule has 0 aromatic heterocycles. The van der Waals surface area contributed by atoms with E-state index in [-0.39, 0.29) is 5.97 Å². The van der Waals surface area contributed by atoms with Gasteiger partial charge in [0.1, 0.15) is 0 Å². The molecular weight excluding hydrogens is 442 g/mol. The van der Waals surface area contributed by atoms with Gasteiger partial charge < -0.3 is 9.64 Å². The maximum Gasteiger partial charge on any atom is 0.305 e. The van der Waals surface area contributed by atoms with Gasteiger partial charge in [-0.15, -0.1) is 0 Å².